The molecule has 3 aromatic rings. The number of ketones is 1. The second-order valence-electron chi connectivity index (χ2n) is 9.85. The third kappa shape index (κ3) is 4.75. The number of rotatable bonds is 6. The molecule has 0 bridgehead atoms. The summed E-state index contributed by atoms with van der Waals surface area (Å²) in [7, 11) is 2.01. The Kier molecular flexibility index (Phi) is 6.83. The van der Waals surface area contributed by atoms with Gasteiger partial charge in [0.1, 0.15) is 5.65 Å². The normalized spacial score (nSPS) is 14.5. The number of carbonyl (C=O) groups excluding carboxylic acids is 2. The van der Waals surface area contributed by atoms with Crippen molar-refractivity contribution in [2.45, 2.75) is 52.4 Å². The molecule has 34 heavy (non-hydrogen) atoms. The van der Waals surface area contributed by atoms with Gasteiger partial charge in [0.25, 0.3) is 0 Å². The van der Waals surface area contributed by atoms with Crippen molar-refractivity contribution in [3.63, 3.8) is 0 Å². The van der Waals surface area contributed by atoms with Gasteiger partial charge in [-0.25, -0.2) is 4.98 Å². The number of piperidine rings is 1. The molecule has 1 saturated heterocycles. The number of hydrogen-bond acceptors (Lipinski definition) is 4. The smallest absolute Gasteiger partial charge is 0.222 e. The summed E-state index contributed by atoms with van der Waals surface area (Å²) in [5.41, 5.74) is 5.22. The average molecular weight is 457 g/mol. The van der Waals surface area contributed by atoms with E-state index in [4.69, 9.17) is 10.2 Å². The molecule has 0 N–H and O–H groups in total. The van der Waals surface area contributed by atoms with Crippen LogP contribution in [0.4, 0.5) is 0 Å². The summed E-state index contributed by atoms with van der Waals surface area (Å²) in [6.45, 7) is 7.81. The first-order chi connectivity index (χ1) is 16.3. The number of nitriles is 1. The van der Waals surface area contributed by atoms with Crippen LogP contribution in [0.15, 0.2) is 36.7 Å². The number of benzene rings is 1. The van der Waals surface area contributed by atoms with Gasteiger partial charge in [0.2, 0.25) is 5.91 Å². The first-order valence-electron chi connectivity index (χ1n) is 12.0. The Labute approximate surface area is 201 Å². The fraction of sp³-hybridized carbons (Fsp3) is 0.429. The molecule has 3 heterocycles. The zero-order valence-electron chi connectivity index (χ0n) is 20.5. The molecule has 0 saturated carbocycles. The zero-order valence-corrected chi connectivity index (χ0v) is 20.5. The number of fused-ring (bicyclic) bond motifs is 1. The molecule has 4 rings (SSSR count). The summed E-state index contributed by atoms with van der Waals surface area (Å²) in [5.74, 6) is 0.979. The number of hydrogen-bond donors (Lipinski definition) is 0. The molecule has 1 aliphatic rings. The lowest BCUT2D eigenvalue weighted by molar-refractivity contribution is -0.133. The van der Waals surface area contributed by atoms with Crippen LogP contribution in [0.3, 0.4) is 0 Å². The van der Waals surface area contributed by atoms with E-state index < -0.39 is 0 Å². The summed E-state index contributed by atoms with van der Waals surface area (Å²) in [4.78, 5) is 32.2. The molecule has 6 heteroatoms. The van der Waals surface area contributed by atoms with Crippen molar-refractivity contribution in [1.29, 1.82) is 5.26 Å². The lowest BCUT2D eigenvalue weighted by atomic mass is 9.87. The second kappa shape index (κ2) is 9.80. The molecule has 6 nitrogen and oxygen atoms in total. The van der Waals surface area contributed by atoms with Crippen LogP contribution < -0.4 is 0 Å². The van der Waals surface area contributed by atoms with Gasteiger partial charge in [-0.2, -0.15) is 5.26 Å². The highest BCUT2D eigenvalue weighted by atomic mass is 16.2. The van der Waals surface area contributed by atoms with Gasteiger partial charge in [0.05, 0.1) is 11.6 Å². The third-order valence-electron chi connectivity index (χ3n) is 6.91. The maximum absolute atomic E-state index is 13.0. The van der Waals surface area contributed by atoms with Crippen LogP contribution >= 0.6 is 0 Å². The number of aromatic nitrogens is 2. The lowest BCUT2D eigenvalue weighted by Gasteiger charge is -2.32. The highest BCUT2D eigenvalue weighted by Gasteiger charge is 2.27. The highest BCUT2D eigenvalue weighted by Crippen LogP contribution is 2.36. The number of Topliss-reactive ketones (excluding diaryl/α,β-unsaturated/α-hetero) is 1. The molecule has 1 aliphatic heterocycles. The van der Waals surface area contributed by atoms with Crippen LogP contribution in [0, 0.1) is 24.2 Å². The molecule has 0 radical (unpaired) electrons. The van der Waals surface area contributed by atoms with Gasteiger partial charge in [-0.3, -0.25) is 9.59 Å². The van der Waals surface area contributed by atoms with Crippen LogP contribution in [0.25, 0.3) is 11.0 Å². The summed E-state index contributed by atoms with van der Waals surface area (Å²) < 4.78 is 2.07. The van der Waals surface area contributed by atoms with Gasteiger partial charge < -0.3 is 9.47 Å². The van der Waals surface area contributed by atoms with Crippen molar-refractivity contribution in [1.82, 2.24) is 14.5 Å². The molecular weight excluding hydrogens is 424 g/mol. The second-order valence-corrected chi connectivity index (χ2v) is 9.85. The Morgan fingerprint density at radius 2 is 1.97 bits per heavy atom. The Hall–Kier alpha value is -3.46. The first-order valence-corrected chi connectivity index (χ1v) is 12.0. The predicted molar refractivity (Wildman–Crippen MR) is 133 cm³/mol. The fourth-order valence-corrected chi connectivity index (χ4v) is 5.02. The number of pyridine rings is 1. The van der Waals surface area contributed by atoms with E-state index in [2.05, 4.69) is 37.6 Å². The molecule has 1 aromatic carbocycles. The first kappa shape index (κ1) is 23.7. The fourth-order valence-electron chi connectivity index (χ4n) is 5.02. The Morgan fingerprint density at radius 3 is 2.65 bits per heavy atom. The van der Waals surface area contributed by atoms with Crippen LogP contribution in [0.5, 0.6) is 0 Å². The molecule has 0 atom stereocenters. The SMILES string of the molecule is Cc1c(CC(=O)c2cccc(C#N)c2)cnc2c1c(C1CCN(C(=O)CC(C)C)CC1)cn2C. The quantitative estimate of drug-likeness (QED) is 0.493. The summed E-state index contributed by atoms with van der Waals surface area (Å²) in [5, 5.41) is 10.3. The summed E-state index contributed by atoms with van der Waals surface area (Å²) in [6.07, 6.45) is 6.71. The molecule has 176 valence electrons. The van der Waals surface area contributed by atoms with Gasteiger partial charge in [0.15, 0.2) is 5.78 Å². The summed E-state index contributed by atoms with van der Waals surface area (Å²) >= 11 is 0. The van der Waals surface area contributed by atoms with E-state index in [9.17, 15) is 9.59 Å². The van der Waals surface area contributed by atoms with Crippen LogP contribution in [-0.4, -0.2) is 39.2 Å². The van der Waals surface area contributed by atoms with Crippen molar-refractivity contribution in [2.75, 3.05) is 13.1 Å². The topological polar surface area (TPSA) is 79.0 Å². The van der Waals surface area contributed by atoms with Crippen molar-refractivity contribution >= 4 is 22.7 Å². The van der Waals surface area contributed by atoms with Gasteiger partial charge in [-0.15, -0.1) is 0 Å². The number of likely N-dealkylation sites (tertiary alicyclic amines) is 1. The minimum absolute atomic E-state index is 0.0178. The highest BCUT2D eigenvalue weighted by molar-refractivity contribution is 5.98. The molecular formula is C28H32N4O2. The molecule has 1 fully saturated rings. The van der Waals surface area contributed by atoms with Crippen molar-refractivity contribution in [3.05, 3.63) is 64.5 Å². The standard InChI is InChI=1S/C28H32N4O2/c1-18(2)12-26(34)32-10-8-21(9-11-32)24-17-31(4)28-27(24)19(3)23(16-30-28)14-25(33)22-7-5-6-20(13-22)15-29/h5-7,13,16-18,21H,8-12,14H2,1-4H3. The zero-order chi connectivity index (χ0) is 24.4. The van der Waals surface area contributed by atoms with E-state index in [-0.39, 0.29) is 18.1 Å². The largest absolute Gasteiger partial charge is 0.343 e. The van der Waals surface area contributed by atoms with Gasteiger partial charge >= 0.3 is 0 Å². The van der Waals surface area contributed by atoms with Gasteiger partial charge in [0, 0.05) is 56.3 Å². The minimum Gasteiger partial charge on any atom is -0.343 e. The monoisotopic (exact) mass is 456 g/mol. The number of carbonyl (C=O) groups is 2. The average Bonchev–Trinajstić information content (AvgIpc) is 3.17. The molecule has 1 amide bonds. The summed E-state index contributed by atoms with van der Waals surface area (Å²) in [6, 6.07) is 8.94. The van der Waals surface area contributed by atoms with Crippen molar-refractivity contribution < 1.29 is 9.59 Å². The predicted octanol–water partition coefficient (Wildman–Crippen LogP) is 4.93. The van der Waals surface area contributed by atoms with Crippen LogP contribution in [0.1, 0.15) is 71.6 Å². The Morgan fingerprint density at radius 1 is 1.24 bits per heavy atom. The van der Waals surface area contributed by atoms with E-state index in [0.717, 1.165) is 48.1 Å². The Balaban J connectivity index is 1.58. The number of aryl methyl sites for hydroxylation is 2. The third-order valence-corrected chi connectivity index (χ3v) is 6.91. The molecule has 0 unspecified atom stereocenters. The molecule has 0 aliphatic carbocycles. The Bertz CT molecular complexity index is 1270. The van der Waals surface area contributed by atoms with E-state index in [0.29, 0.717) is 29.4 Å². The molecule has 2 aromatic heterocycles. The van der Waals surface area contributed by atoms with Crippen molar-refractivity contribution in [3.8, 4) is 6.07 Å². The maximum Gasteiger partial charge on any atom is 0.222 e. The van der Waals surface area contributed by atoms with Gasteiger partial charge in [-0.1, -0.05) is 26.0 Å². The van der Waals surface area contributed by atoms with E-state index in [1.54, 1.807) is 30.5 Å². The van der Waals surface area contributed by atoms with Crippen LogP contribution in [-0.2, 0) is 18.3 Å². The molecule has 0 spiro atoms. The van der Waals surface area contributed by atoms with Crippen LogP contribution in [0.2, 0.25) is 0 Å². The maximum atomic E-state index is 13.0. The number of nitrogens with zero attached hydrogens (tertiary/aromatic N) is 4. The van der Waals surface area contributed by atoms with E-state index in [1.807, 2.05) is 11.9 Å². The van der Waals surface area contributed by atoms with Gasteiger partial charge in [-0.05, 0) is 60.4 Å². The van der Waals surface area contributed by atoms with Crippen molar-refractivity contribution in [2.24, 2.45) is 13.0 Å². The lowest BCUT2D eigenvalue weighted by Crippen LogP contribution is -2.38. The number of amides is 1. The van der Waals surface area contributed by atoms with E-state index in [1.165, 1.54) is 5.56 Å². The minimum atomic E-state index is -0.0178. The van der Waals surface area contributed by atoms with E-state index >= 15 is 0 Å².